The molecule has 4 nitrogen and oxygen atoms in total. The normalized spacial score (nSPS) is 16.0. The smallest absolute Gasteiger partial charge is 0.241 e. The molecule has 0 radical (unpaired) electrons. The van der Waals surface area contributed by atoms with Gasteiger partial charge in [0.15, 0.2) is 0 Å². The second kappa shape index (κ2) is 7.71. The summed E-state index contributed by atoms with van der Waals surface area (Å²) in [5, 5.41) is 2.94. The van der Waals surface area contributed by atoms with Gasteiger partial charge in [0.2, 0.25) is 5.91 Å². The minimum atomic E-state index is -0.435. The Morgan fingerprint density at radius 1 is 1.43 bits per heavy atom. The van der Waals surface area contributed by atoms with Crippen molar-refractivity contribution >= 4 is 29.0 Å². The van der Waals surface area contributed by atoms with Gasteiger partial charge in [-0.05, 0) is 62.0 Å². The lowest BCUT2D eigenvalue weighted by Gasteiger charge is -2.20. The van der Waals surface area contributed by atoms with Crippen molar-refractivity contribution in [3.8, 4) is 0 Å². The molecule has 1 aliphatic heterocycles. The predicted octanol–water partition coefficient (Wildman–Crippen LogP) is 2.61. The standard InChI is InChI=1S/C16H25N3OS/c1-12-11-13(19-8-3-4-9-19)5-6-15(12)18-16(20)14(17)7-10-21-2/h5-6,11,14H,3-4,7-10,17H2,1-2H3,(H,18,20)/t14-/m1/s1. The zero-order chi connectivity index (χ0) is 15.2. The second-order valence-electron chi connectivity index (χ2n) is 5.57. The van der Waals surface area contributed by atoms with Crippen molar-refractivity contribution in [2.24, 2.45) is 5.73 Å². The topological polar surface area (TPSA) is 58.4 Å². The lowest BCUT2D eigenvalue weighted by Crippen LogP contribution is -2.36. The molecule has 21 heavy (non-hydrogen) atoms. The first-order valence-electron chi connectivity index (χ1n) is 7.53. The first kappa shape index (κ1) is 16.2. The van der Waals surface area contributed by atoms with Crippen LogP contribution in [-0.4, -0.2) is 37.0 Å². The number of aryl methyl sites for hydroxylation is 1. The molecule has 1 saturated heterocycles. The van der Waals surface area contributed by atoms with E-state index in [0.29, 0.717) is 6.42 Å². The third-order valence-corrected chi connectivity index (χ3v) is 4.55. The second-order valence-corrected chi connectivity index (χ2v) is 6.56. The number of nitrogens with zero attached hydrogens (tertiary/aromatic N) is 1. The average molecular weight is 307 g/mol. The fourth-order valence-electron chi connectivity index (χ4n) is 2.56. The van der Waals surface area contributed by atoms with Gasteiger partial charge in [-0.1, -0.05) is 0 Å². The lowest BCUT2D eigenvalue weighted by molar-refractivity contribution is -0.117. The van der Waals surface area contributed by atoms with E-state index >= 15 is 0 Å². The number of amides is 1. The number of nitrogens with one attached hydrogen (secondary N) is 1. The van der Waals surface area contributed by atoms with Crippen LogP contribution in [0, 0.1) is 6.92 Å². The van der Waals surface area contributed by atoms with Crippen LogP contribution in [0.4, 0.5) is 11.4 Å². The first-order valence-corrected chi connectivity index (χ1v) is 8.92. The Balaban J connectivity index is 1.98. The number of rotatable bonds is 6. The number of carbonyl (C=O) groups excluding carboxylic acids is 1. The van der Waals surface area contributed by atoms with E-state index in [2.05, 4.69) is 22.3 Å². The Bertz CT molecular complexity index is 486. The average Bonchev–Trinajstić information content (AvgIpc) is 3.00. The van der Waals surface area contributed by atoms with Gasteiger partial charge in [0.25, 0.3) is 0 Å². The molecule has 0 unspecified atom stereocenters. The van der Waals surface area contributed by atoms with Gasteiger partial charge in [0.1, 0.15) is 0 Å². The maximum absolute atomic E-state index is 12.1. The Hall–Kier alpha value is -1.20. The SMILES string of the molecule is CSCC[C@@H](N)C(=O)Nc1ccc(N2CCCC2)cc1C. The van der Waals surface area contributed by atoms with E-state index in [4.69, 9.17) is 5.73 Å². The summed E-state index contributed by atoms with van der Waals surface area (Å²) in [7, 11) is 0. The molecule has 3 N–H and O–H groups in total. The zero-order valence-electron chi connectivity index (χ0n) is 12.9. The van der Waals surface area contributed by atoms with Gasteiger partial charge >= 0.3 is 0 Å². The molecule has 0 aromatic heterocycles. The molecule has 1 aromatic carbocycles. The molecule has 2 rings (SSSR count). The van der Waals surface area contributed by atoms with Crippen LogP contribution in [0.25, 0.3) is 0 Å². The number of nitrogens with two attached hydrogens (primary N) is 1. The highest BCUT2D eigenvalue weighted by molar-refractivity contribution is 7.98. The van der Waals surface area contributed by atoms with Crippen LogP contribution in [0.1, 0.15) is 24.8 Å². The minimum Gasteiger partial charge on any atom is -0.372 e. The summed E-state index contributed by atoms with van der Waals surface area (Å²) in [5.74, 6) is 0.808. The van der Waals surface area contributed by atoms with Gasteiger partial charge in [0, 0.05) is 24.5 Å². The van der Waals surface area contributed by atoms with Crippen LogP contribution in [0.5, 0.6) is 0 Å². The quantitative estimate of drug-likeness (QED) is 0.848. The zero-order valence-corrected chi connectivity index (χ0v) is 13.7. The molecule has 1 heterocycles. The maximum atomic E-state index is 12.1. The molecular formula is C16H25N3OS. The molecule has 1 amide bonds. The molecular weight excluding hydrogens is 282 g/mol. The van der Waals surface area contributed by atoms with Crippen molar-refractivity contribution in [1.29, 1.82) is 0 Å². The molecule has 1 atom stereocenters. The van der Waals surface area contributed by atoms with E-state index in [1.807, 2.05) is 19.2 Å². The summed E-state index contributed by atoms with van der Waals surface area (Å²) in [6.45, 7) is 4.29. The number of anilines is 2. The highest BCUT2D eigenvalue weighted by Gasteiger charge is 2.16. The van der Waals surface area contributed by atoms with E-state index in [1.165, 1.54) is 18.5 Å². The van der Waals surface area contributed by atoms with E-state index in [1.54, 1.807) is 11.8 Å². The van der Waals surface area contributed by atoms with Crippen LogP contribution < -0.4 is 16.0 Å². The molecule has 1 aliphatic rings. The Kier molecular flexibility index (Phi) is 5.94. The van der Waals surface area contributed by atoms with Crippen molar-refractivity contribution in [2.75, 3.05) is 35.3 Å². The summed E-state index contributed by atoms with van der Waals surface area (Å²) in [6, 6.07) is 5.79. The van der Waals surface area contributed by atoms with Crippen molar-refractivity contribution < 1.29 is 4.79 Å². The largest absolute Gasteiger partial charge is 0.372 e. The lowest BCUT2D eigenvalue weighted by atomic mass is 10.1. The Morgan fingerprint density at radius 3 is 2.76 bits per heavy atom. The fraction of sp³-hybridized carbons (Fsp3) is 0.562. The Morgan fingerprint density at radius 2 is 2.14 bits per heavy atom. The highest BCUT2D eigenvalue weighted by Crippen LogP contribution is 2.25. The number of thioether (sulfide) groups is 1. The first-order chi connectivity index (χ1) is 10.1. The fourth-order valence-corrected chi connectivity index (χ4v) is 3.05. The summed E-state index contributed by atoms with van der Waals surface area (Å²) in [6.07, 6.45) is 5.26. The van der Waals surface area contributed by atoms with Crippen LogP contribution in [0.2, 0.25) is 0 Å². The van der Waals surface area contributed by atoms with Crippen LogP contribution in [0.3, 0.4) is 0 Å². The van der Waals surface area contributed by atoms with Gasteiger partial charge < -0.3 is 16.0 Å². The molecule has 116 valence electrons. The number of benzene rings is 1. The van der Waals surface area contributed by atoms with E-state index in [-0.39, 0.29) is 5.91 Å². The van der Waals surface area contributed by atoms with Gasteiger partial charge in [-0.3, -0.25) is 4.79 Å². The van der Waals surface area contributed by atoms with Crippen LogP contribution >= 0.6 is 11.8 Å². The number of hydrogen-bond donors (Lipinski definition) is 2. The molecule has 0 bridgehead atoms. The number of carbonyl (C=O) groups is 1. The summed E-state index contributed by atoms with van der Waals surface area (Å²) in [4.78, 5) is 14.4. The monoisotopic (exact) mass is 307 g/mol. The van der Waals surface area contributed by atoms with Crippen molar-refractivity contribution in [1.82, 2.24) is 0 Å². The summed E-state index contributed by atoms with van der Waals surface area (Å²) < 4.78 is 0. The highest BCUT2D eigenvalue weighted by atomic mass is 32.2. The van der Waals surface area contributed by atoms with E-state index in [0.717, 1.165) is 30.1 Å². The van der Waals surface area contributed by atoms with E-state index in [9.17, 15) is 4.79 Å². The number of hydrogen-bond acceptors (Lipinski definition) is 4. The minimum absolute atomic E-state index is 0.0962. The van der Waals surface area contributed by atoms with Gasteiger partial charge in [0.05, 0.1) is 6.04 Å². The van der Waals surface area contributed by atoms with Gasteiger partial charge in [-0.25, -0.2) is 0 Å². The van der Waals surface area contributed by atoms with Crippen LogP contribution in [0.15, 0.2) is 18.2 Å². The molecule has 0 spiro atoms. The summed E-state index contributed by atoms with van der Waals surface area (Å²) >= 11 is 1.71. The molecule has 0 aliphatic carbocycles. The maximum Gasteiger partial charge on any atom is 0.241 e. The third-order valence-electron chi connectivity index (χ3n) is 3.91. The predicted molar refractivity (Wildman–Crippen MR) is 92.2 cm³/mol. The molecule has 0 saturated carbocycles. The molecule has 5 heteroatoms. The van der Waals surface area contributed by atoms with Crippen molar-refractivity contribution in [3.63, 3.8) is 0 Å². The van der Waals surface area contributed by atoms with Crippen molar-refractivity contribution in [3.05, 3.63) is 23.8 Å². The Labute approximate surface area is 131 Å². The van der Waals surface area contributed by atoms with E-state index < -0.39 is 6.04 Å². The van der Waals surface area contributed by atoms with Crippen LogP contribution in [-0.2, 0) is 4.79 Å². The van der Waals surface area contributed by atoms with Crippen molar-refractivity contribution in [2.45, 2.75) is 32.2 Å². The summed E-state index contributed by atoms with van der Waals surface area (Å²) in [5.41, 5.74) is 9.09. The third kappa shape index (κ3) is 4.38. The van der Waals surface area contributed by atoms with Gasteiger partial charge in [-0.2, -0.15) is 11.8 Å². The molecule has 1 aromatic rings. The van der Waals surface area contributed by atoms with Gasteiger partial charge in [-0.15, -0.1) is 0 Å². The molecule has 1 fully saturated rings.